The summed E-state index contributed by atoms with van der Waals surface area (Å²) in [6, 6.07) is 5.28. The first-order valence-corrected chi connectivity index (χ1v) is 9.29. The van der Waals surface area contributed by atoms with E-state index in [0.29, 0.717) is 22.1 Å². The largest absolute Gasteiger partial charge is 0.275 e. The van der Waals surface area contributed by atoms with Gasteiger partial charge in [-0.3, -0.25) is 4.79 Å². The van der Waals surface area contributed by atoms with Gasteiger partial charge < -0.3 is 0 Å². The predicted molar refractivity (Wildman–Crippen MR) is 120 cm³/mol. The van der Waals surface area contributed by atoms with Gasteiger partial charge in [0.2, 0.25) is 0 Å². The maximum atomic E-state index is 12.8. The van der Waals surface area contributed by atoms with E-state index in [1.807, 2.05) is 33.8 Å². The summed E-state index contributed by atoms with van der Waals surface area (Å²) >= 11 is 0. The summed E-state index contributed by atoms with van der Waals surface area (Å²) in [7, 11) is 8.42. The minimum atomic E-state index is -0.177. The summed E-state index contributed by atoms with van der Waals surface area (Å²) < 4.78 is 1.42. The van der Waals surface area contributed by atoms with Crippen molar-refractivity contribution >= 4 is 45.0 Å². The van der Waals surface area contributed by atoms with Crippen LogP contribution in [0.3, 0.4) is 0 Å². The lowest BCUT2D eigenvalue weighted by Gasteiger charge is -2.13. The highest BCUT2D eigenvalue weighted by molar-refractivity contribution is 7.40. The van der Waals surface area contributed by atoms with Crippen LogP contribution in [0.15, 0.2) is 57.0 Å². The minimum absolute atomic E-state index is 0.148. The zero-order valence-electron chi connectivity index (χ0n) is 16.2. The van der Waals surface area contributed by atoms with Crippen LogP contribution in [-0.2, 0) is 6.54 Å². The fourth-order valence-electron chi connectivity index (χ4n) is 2.50. The van der Waals surface area contributed by atoms with Gasteiger partial charge >= 0.3 is 0 Å². The third-order valence-electron chi connectivity index (χ3n) is 4.02. The van der Waals surface area contributed by atoms with Crippen molar-refractivity contribution in [3.05, 3.63) is 58.3 Å². The van der Waals surface area contributed by atoms with Crippen molar-refractivity contribution in [2.45, 2.75) is 40.2 Å². The van der Waals surface area contributed by atoms with E-state index in [4.69, 9.17) is 7.85 Å². The zero-order chi connectivity index (χ0) is 20.1. The van der Waals surface area contributed by atoms with Crippen LogP contribution >= 0.6 is 9.24 Å². The number of benzene rings is 1. The smallest absolute Gasteiger partial charge is 0.267 e. The van der Waals surface area contributed by atoms with E-state index in [9.17, 15) is 4.79 Å². The van der Waals surface area contributed by atoms with Gasteiger partial charge in [0.15, 0.2) is 0 Å². The van der Waals surface area contributed by atoms with Gasteiger partial charge in [-0.05, 0) is 31.4 Å². The summed E-state index contributed by atoms with van der Waals surface area (Å²) in [5.74, 6) is 0.515. The molecule has 0 aliphatic rings. The number of hydrogen-bond donors (Lipinski definition) is 0. The van der Waals surface area contributed by atoms with Crippen LogP contribution in [0.5, 0.6) is 0 Å². The van der Waals surface area contributed by atoms with Crippen molar-refractivity contribution in [3.63, 3.8) is 0 Å². The first-order valence-electron chi connectivity index (χ1n) is 8.72. The van der Waals surface area contributed by atoms with Crippen LogP contribution in [0.1, 0.15) is 39.3 Å². The highest BCUT2D eigenvalue weighted by Gasteiger charge is 2.14. The highest BCUT2D eigenvalue weighted by atomic mass is 31.0. The summed E-state index contributed by atoms with van der Waals surface area (Å²) in [6.45, 7) is 12.0. The molecular weight excluding hydrogens is 354 g/mol. The number of allylic oxidation sites excluding steroid dienone is 2. The molecule has 0 saturated heterocycles. The standard InChI is InChI=1S/C20H24BN4OP/c1-6-13(4)10-22-14(5)23-18(27)11-25-20(26)16-8-7-15(21)9-17(16)19(24-25)12(2)3/h6-10,12H,5,11,27H2,1-4H3/b13-6-,22-10?,23-18?. The zero-order valence-corrected chi connectivity index (χ0v) is 17.4. The summed E-state index contributed by atoms with van der Waals surface area (Å²) in [5, 5.41) is 5.95. The molecule has 0 amide bonds. The second-order valence-electron chi connectivity index (χ2n) is 6.62. The molecule has 2 radical (unpaired) electrons. The topological polar surface area (TPSA) is 59.6 Å². The normalized spacial score (nSPS) is 13.1. The molecule has 138 valence electrons. The highest BCUT2D eigenvalue weighted by Crippen LogP contribution is 2.20. The molecule has 27 heavy (non-hydrogen) atoms. The number of aliphatic imine (C=N–C) groups is 2. The van der Waals surface area contributed by atoms with E-state index >= 15 is 0 Å². The minimum Gasteiger partial charge on any atom is -0.267 e. The Morgan fingerprint density at radius 3 is 2.74 bits per heavy atom. The molecule has 2 aromatic rings. The second kappa shape index (κ2) is 9.05. The van der Waals surface area contributed by atoms with Gasteiger partial charge in [0.05, 0.1) is 23.1 Å². The van der Waals surface area contributed by atoms with Crippen LogP contribution in [-0.4, -0.2) is 29.3 Å². The molecule has 0 bridgehead atoms. The van der Waals surface area contributed by atoms with Crippen LogP contribution in [0.4, 0.5) is 0 Å². The van der Waals surface area contributed by atoms with E-state index < -0.39 is 0 Å². The maximum Gasteiger partial charge on any atom is 0.275 e. The molecule has 0 fully saturated rings. The van der Waals surface area contributed by atoms with E-state index in [2.05, 4.69) is 30.9 Å². The molecule has 1 heterocycles. The van der Waals surface area contributed by atoms with Crippen molar-refractivity contribution in [2.24, 2.45) is 9.98 Å². The molecule has 1 atom stereocenters. The summed E-state index contributed by atoms with van der Waals surface area (Å²) in [5.41, 5.74) is 2.90. The molecule has 0 aliphatic carbocycles. The van der Waals surface area contributed by atoms with Gasteiger partial charge in [-0.1, -0.05) is 53.3 Å². The van der Waals surface area contributed by atoms with Crippen molar-refractivity contribution in [2.75, 3.05) is 0 Å². The molecule has 5 nitrogen and oxygen atoms in total. The number of hydrogen-bond acceptors (Lipinski definition) is 4. The number of rotatable bonds is 6. The third kappa shape index (κ3) is 5.33. The molecule has 1 unspecified atom stereocenters. The summed E-state index contributed by atoms with van der Waals surface area (Å²) in [4.78, 5) is 21.3. The molecule has 0 N–H and O–H groups in total. The third-order valence-corrected chi connectivity index (χ3v) is 4.33. The number of aromatic nitrogens is 2. The molecule has 0 spiro atoms. The van der Waals surface area contributed by atoms with Crippen LogP contribution in [0, 0.1) is 0 Å². The van der Waals surface area contributed by atoms with Crippen molar-refractivity contribution in [1.29, 1.82) is 0 Å². The molecule has 1 aromatic carbocycles. The van der Waals surface area contributed by atoms with E-state index in [-0.39, 0.29) is 18.0 Å². The Labute approximate surface area is 163 Å². The SMILES string of the molecule is [B]c1ccc2c(=O)n(CC(P)=NC(=C)N=C/C(C)=C\C)nc(C(C)C)c2c1. The Morgan fingerprint density at radius 2 is 2.11 bits per heavy atom. The lowest BCUT2D eigenvalue weighted by Crippen LogP contribution is -2.27. The Kier molecular flexibility index (Phi) is 7.03. The maximum absolute atomic E-state index is 12.8. The number of nitrogens with zero attached hydrogens (tertiary/aromatic N) is 4. The summed E-state index contributed by atoms with van der Waals surface area (Å²) in [6.07, 6.45) is 3.65. The monoisotopic (exact) mass is 378 g/mol. The van der Waals surface area contributed by atoms with Crippen molar-refractivity contribution in [1.82, 2.24) is 9.78 Å². The molecular formula is C20H24BN4OP. The van der Waals surface area contributed by atoms with E-state index in [0.717, 1.165) is 16.7 Å². The average Bonchev–Trinajstić information content (AvgIpc) is 2.61. The molecule has 0 aliphatic heterocycles. The van der Waals surface area contributed by atoms with Crippen molar-refractivity contribution < 1.29 is 0 Å². The number of fused-ring (bicyclic) bond motifs is 1. The van der Waals surface area contributed by atoms with Crippen LogP contribution in [0.25, 0.3) is 10.8 Å². The average molecular weight is 378 g/mol. The lowest BCUT2D eigenvalue weighted by atomic mass is 9.92. The van der Waals surface area contributed by atoms with Gasteiger partial charge in [0, 0.05) is 11.6 Å². The second-order valence-corrected chi connectivity index (χ2v) is 7.28. The van der Waals surface area contributed by atoms with Gasteiger partial charge in [0.1, 0.15) is 13.7 Å². The van der Waals surface area contributed by atoms with Gasteiger partial charge in [-0.15, -0.1) is 0 Å². The quantitative estimate of drug-likeness (QED) is 0.441. The lowest BCUT2D eigenvalue weighted by molar-refractivity contribution is 0.642. The first-order chi connectivity index (χ1) is 12.7. The fraction of sp³-hybridized carbons (Fsp3) is 0.300. The molecule has 0 saturated carbocycles. The first kappa shape index (κ1) is 21.0. The molecule has 2 rings (SSSR count). The molecule has 7 heteroatoms. The van der Waals surface area contributed by atoms with E-state index in [1.165, 1.54) is 4.68 Å². The van der Waals surface area contributed by atoms with Crippen molar-refractivity contribution in [3.8, 4) is 0 Å². The van der Waals surface area contributed by atoms with Crippen LogP contribution in [0.2, 0.25) is 0 Å². The Morgan fingerprint density at radius 1 is 1.41 bits per heavy atom. The van der Waals surface area contributed by atoms with E-state index in [1.54, 1.807) is 24.4 Å². The molecule has 1 aromatic heterocycles. The Hall–Kier alpha value is -2.33. The fourth-order valence-corrected chi connectivity index (χ4v) is 2.82. The van der Waals surface area contributed by atoms with Gasteiger partial charge in [0.25, 0.3) is 5.56 Å². The van der Waals surface area contributed by atoms with Gasteiger partial charge in [-0.25, -0.2) is 14.7 Å². The van der Waals surface area contributed by atoms with Crippen LogP contribution < -0.4 is 11.0 Å². The predicted octanol–water partition coefficient (Wildman–Crippen LogP) is 3.10. The Balaban J connectivity index is 2.41. The van der Waals surface area contributed by atoms with Gasteiger partial charge in [-0.2, -0.15) is 5.10 Å². The Bertz CT molecular complexity index is 1020.